The van der Waals surface area contributed by atoms with Crippen LogP contribution in [-0.2, 0) is 24.9 Å². The molecule has 0 bridgehead atoms. The predicted octanol–water partition coefficient (Wildman–Crippen LogP) is 1.79. The van der Waals surface area contributed by atoms with Crippen LogP contribution >= 0.6 is 11.6 Å². The molecule has 0 aliphatic rings. The number of nitrogens with zero attached hydrogens (tertiary/aromatic N) is 4. The molecule has 8 heteroatoms. The van der Waals surface area contributed by atoms with Crippen LogP contribution in [0.25, 0.3) is 0 Å². The summed E-state index contributed by atoms with van der Waals surface area (Å²) < 4.78 is 11.4. The van der Waals surface area contributed by atoms with E-state index < -0.39 is 0 Å². The van der Waals surface area contributed by atoms with Crippen molar-refractivity contribution in [3.05, 3.63) is 33.9 Å². The van der Waals surface area contributed by atoms with E-state index in [1.807, 2.05) is 6.92 Å². The van der Waals surface area contributed by atoms with Crippen molar-refractivity contribution in [2.75, 3.05) is 14.2 Å². The van der Waals surface area contributed by atoms with Crippen molar-refractivity contribution in [2.45, 2.75) is 20.1 Å². The van der Waals surface area contributed by atoms with Gasteiger partial charge in [-0.25, -0.2) is 0 Å². The lowest BCUT2D eigenvalue weighted by molar-refractivity contribution is 0.0779. The standard InChI is InChI=1S/C13H17ClN4O3/c1-8-9(12(14)18(3)15-8)5-17(2)13(19)10-6-21-16-11(10)7-20-4/h6H,5,7H2,1-4H3. The van der Waals surface area contributed by atoms with Crippen LogP contribution in [-0.4, -0.2) is 39.9 Å². The highest BCUT2D eigenvalue weighted by Crippen LogP contribution is 2.21. The summed E-state index contributed by atoms with van der Waals surface area (Å²) in [5, 5.41) is 8.52. The van der Waals surface area contributed by atoms with Gasteiger partial charge in [0.1, 0.15) is 22.7 Å². The van der Waals surface area contributed by atoms with Gasteiger partial charge in [-0.05, 0) is 6.92 Å². The van der Waals surface area contributed by atoms with Gasteiger partial charge in [-0.1, -0.05) is 16.8 Å². The fraction of sp³-hybridized carbons (Fsp3) is 0.462. The van der Waals surface area contributed by atoms with Crippen LogP contribution in [0.1, 0.15) is 27.3 Å². The zero-order valence-corrected chi connectivity index (χ0v) is 13.1. The maximum Gasteiger partial charge on any atom is 0.259 e. The van der Waals surface area contributed by atoms with Crippen molar-refractivity contribution in [3.63, 3.8) is 0 Å². The average molecular weight is 313 g/mol. The lowest BCUT2D eigenvalue weighted by Crippen LogP contribution is -2.27. The van der Waals surface area contributed by atoms with Crippen LogP contribution in [0.15, 0.2) is 10.8 Å². The Balaban J connectivity index is 2.18. The molecule has 114 valence electrons. The van der Waals surface area contributed by atoms with Gasteiger partial charge in [0.2, 0.25) is 0 Å². The zero-order chi connectivity index (χ0) is 15.6. The van der Waals surface area contributed by atoms with Crippen molar-refractivity contribution in [3.8, 4) is 0 Å². The number of methoxy groups -OCH3 is 1. The summed E-state index contributed by atoms with van der Waals surface area (Å²) in [5.41, 5.74) is 2.48. The zero-order valence-electron chi connectivity index (χ0n) is 12.4. The first-order chi connectivity index (χ1) is 9.95. The van der Waals surface area contributed by atoms with Crippen molar-refractivity contribution < 1.29 is 14.1 Å². The lowest BCUT2D eigenvalue weighted by atomic mass is 10.2. The third-order valence-electron chi connectivity index (χ3n) is 3.17. The maximum absolute atomic E-state index is 12.4. The molecule has 0 unspecified atom stereocenters. The van der Waals surface area contributed by atoms with Crippen molar-refractivity contribution in [1.82, 2.24) is 19.8 Å². The third-order valence-corrected chi connectivity index (χ3v) is 3.64. The normalized spacial score (nSPS) is 10.9. The minimum absolute atomic E-state index is 0.206. The summed E-state index contributed by atoms with van der Waals surface area (Å²) >= 11 is 6.18. The molecule has 0 aliphatic heterocycles. The molecule has 7 nitrogen and oxygen atoms in total. The predicted molar refractivity (Wildman–Crippen MR) is 76.0 cm³/mol. The molecule has 2 aromatic heterocycles. The number of halogens is 1. The van der Waals surface area contributed by atoms with Gasteiger partial charge in [-0.15, -0.1) is 0 Å². The van der Waals surface area contributed by atoms with Crippen LogP contribution in [0.4, 0.5) is 0 Å². The van der Waals surface area contributed by atoms with Crippen molar-refractivity contribution in [2.24, 2.45) is 7.05 Å². The van der Waals surface area contributed by atoms with E-state index in [9.17, 15) is 4.79 Å². The fourth-order valence-corrected chi connectivity index (χ4v) is 2.28. The largest absolute Gasteiger partial charge is 0.378 e. The van der Waals surface area contributed by atoms with Crippen LogP contribution in [0.3, 0.4) is 0 Å². The van der Waals surface area contributed by atoms with E-state index in [1.165, 1.54) is 13.4 Å². The van der Waals surface area contributed by atoms with E-state index in [-0.39, 0.29) is 12.5 Å². The van der Waals surface area contributed by atoms with E-state index in [4.69, 9.17) is 20.9 Å². The Morgan fingerprint density at radius 1 is 1.57 bits per heavy atom. The number of rotatable bonds is 5. The molecule has 2 heterocycles. The van der Waals surface area contributed by atoms with Gasteiger partial charge < -0.3 is 14.2 Å². The quantitative estimate of drug-likeness (QED) is 0.841. The Bertz CT molecular complexity index is 650. The molecule has 0 saturated heterocycles. The number of aromatic nitrogens is 3. The number of carbonyl (C=O) groups excluding carboxylic acids is 1. The average Bonchev–Trinajstić information content (AvgIpc) is 2.99. The topological polar surface area (TPSA) is 73.4 Å². The molecule has 21 heavy (non-hydrogen) atoms. The number of ether oxygens (including phenoxy) is 1. The second-order valence-electron chi connectivity index (χ2n) is 4.75. The molecule has 0 aliphatic carbocycles. The Hall–Kier alpha value is -1.86. The fourth-order valence-electron chi connectivity index (χ4n) is 2.04. The Labute approximate surface area is 127 Å². The molecule has 2 aromatic rings. The van der Waals surface area contributed by atoms with Gasteiger partial charge in [0.25, 0.3) is 5.91 Å². The molecule has 0 saturated carbocycles. The molecule has 0 aromatic carbocycles. The smallest absolute Gasteiger partial charge is 0.259 e. The summed E-state index contributed by atoms with van der Waals surface area (Å²) in [6.45, 7) is 2.43. The first kappa shape index (κ1) is 15.5. The number of amides is 1. The van der Waals surface area contributed by atoms with Crippen molar-refractivity contribution >= 4 is 17.5 Å². The first-order valence-corrected chi connectivity index (χ1v) is 6.69. The Morgan fingerprint density at radius 3 is 2.86 bits per heavy atom. The highest BCUT2D eigenvalue weighted by Gasteiger charge is 2.22. The maximum atomic E-state index is 12.4. The van der Waals surface area contributed by atoms with Gasteiger partial charge in [0.15, 0.2) is 0 Å². The number of hydrogen-bond acceptors (Lipinski definition) is 5. The molecule has 1 amide bonds. The number of aryl methyl sites for hydroxylation is 2. The van der Waals surface area contributed by atoms with E-state index in [0.717, 1.165) is 11.3 Å². The van der Waals surface area contributed by atoms with Gasteiger partial charge in [0.05, 0.1) is 18.8 Å². The summed E-state index contributed by atoms with van der Waals surface area (Å²) in [4.78, 5) is 14.0. The van der Waals surface area contributed by atoms with Gasteiger partial charge >= 0.3 is 0 Å². The van der Waals surface area contributed by atoms with Crippen LogP contribution in [0.2, 0.25) is 5.15 Å². The van der Waals surface area contributed by atoms with Gasteiger partial charge in [-0.3, -0.25) is 9.48 Å². The van der Waals surface area contributed by atoms with Gasteiger partial charge in [-0.2, -0.15) is 5.10 Å². The van der Waals surface area contributed by atoms with E-state index >= 15 is 0 Å². The SMILES string of the molecule is COCc1nocc1C(=O)N(C)Cc1c(C)nn(C)c1Cl. The number of hydrogen-bond donors (Lipinski definition) is 0. The van der Waals surface area contributed by atoms with E-state index in [2.05, 4.69) is 10.3 Å². The summed E-state index contributed by atoms with van der Waals surface area (Å²) in [5.74, 6) is -0.206. The van der Waals surface area contributed by atoms with E-state index in [1.54, 1.807) is 23.7 Å². The molecule has 0 spiro atoms. The first-order valence-electron chi connectivity index (χ1n) is 6.31. The van der Waals surface area contributed by atoms with Gasteiger partial charge in [0, 0.05) is 26.8 Å². The molecule has 2 rings (SSSR count). The monoisotopic (exact) mass is 312 g/mol. The molecule has 0 atom stereocenters. The second-order valence-corrected chi connectivity index (χ2v) is 5.11. The summed E-state index contributed by atoms with van der Waals surface area (Å²) in [7, 11) is 4.98. The summed E-state index contributed by atoms with van der Waals surface area (Å²) in [6.07, 6.45) is 1.32. The van der Waals surface area contributed by atoms with Crippen LogP contribution in [0.5, 0.6) is 0 Å². The van der Waals surface area contributed by atoms with Crippen LogP contribution in [0, 0.1) is 6.92 Å². The summed E-state index contributed by atoms with van der Waals surface area (Å²) in [6, 6.07) is 0. The molecule has 0 N–H and O–H groups in total. The molecular formula is C13H17ClN4O3. The molecule has 0 radical (unpaired) electrons. The van der Waals surface area contributed by atoms with Crippen LogP contribution < -0.4 is 0 Å². The van der Waals surface area contributed by atoms with E-state index in [0.29, 0.717) is 23.0 Å². The molecule has 0 fully saturated rings. The highest BCUT2D eigenvalue weighted by molar-refractivity contribution is 6.30. The lowest BCUT2D eigenvalue weighted by Gasteiger charge is -2.16. The Kier molecular flexibility index (Phi) is 4.64. The minimum atomic E-state index is -0.206. The number of carbonyl (C=O) groups is 1. The van der Waals surface area contributed by atoms with Crippen molar-refractivity contribution in [1.29, 1.82) is 0 Å². The Morgan fingerprint density at radius 2 is 2.29 bits per heavy atom. The third kappa shape index (κ3) is 3.08. The minimum Gasteiger partial charge on any atom is -0.378 e. The highest BCUT2D eigenvalue weighted by atomic mass is 35.5. The second kappa shape index (κ2) is 6.28. The molecular weight excluding hydrogens is 296 g/mol.